The van der Waals surface area contributed by atoms with Crippen LogP contribution >= 0.6 is 0 Å². The number of non-ortho nitro benzene ring substituents is 1. The molecule has 2 heterocycles. The summed E-state index contributed by atoms with van der Waals surface area (Å²) < 4.78 is 1.29. The molecule has 1 N–H and O–H groups in total. The van der Waals surface area contributed by atoms with E-state index in [-0.39, 0.29) is 22.8 Å². The summed E-state index contributed by atoms with van der Waals surface area (Å²) in [5, 5.41) is 21.2. The molecule has 0 saturated carbocycles. The number of hydrogen-bond donors (Lipinski definition) is 1. The highest BCUT2D eigenvalue weighted by Gasteiger charge is 2.30. The molecule has 2 aromatic rings. The van der Waals surface area contributed by atoms with Gasteiger partial charge in [0.25, 0.3) is 11.6 Å². The van der Waals surface area contributed by atoms with E-state index in [0.29, 0.717) is 23.9 Å². The highest BCUT2D eigenvalue weighted by molar-refractivity contribution is 6.04. The first-order valence-corrected chi connectivity index (χ1v) is 7.67. The Kier molecular flexibility index (Phi) is 3.96. The number of nitrogens with zero attached hydrogens (tertiary/aromatic N) is 3. The number of hydrogen-bond acceptors (Lipinski definition) is 4. The summed E-state index contributed by atoms with van der Waals surface area (Å²) in [5.74, 6) is -1.44. The minimum absolute atomic E-state index is 0.184. The molecule has 8 heteroatoms. The lowest BCUT2D eigenvalue weighted by atomic mass is 10.0. The molecule has 1 aliphatic heterocycles. The number of carboxylic acid groups (broad SMARTS) is 1. The van der Waals surface area contributed by atoms with Crippen LogP contribution in [0.25, 0.3) is 10.9 Å². The first-order valence-electron chi connectivity index (χ1n) is 7.67. The summed E-state index contributed by atoms with van der Waals surface area (Å²) in [5.41, 5.74) is 0.977. The van der Waals surface area contributed by atoms with Crippen molar-refractivity contribution < 1.29 is 19.6 Å². The average Bonchev–Trinajstić information content (AvgIpc) is 2.82. The first-order chi connectivity index (χ1) is 11.4. The second kappa shape index (κ2) is 5.95. The fourth-order valence-corrected chi connectivity index (χ4v) is 3.33. The largest absolute Gasteiger partial charge is 0.480 e. The lowest BCUT2D eigenvalue weighted by Gasteiger charge is -2.21. The van der Waals surface area contributed by atoms with Crippen molar-refractivity contribution in [3.05, 3.63) is 39.6 Å². The highest BCUT2D eigenvalue weighted by Crippen LogP contribution is 2.35. The number of nitro benzene ring substituents is 1. The van der Waals surface area contributed by atoms with Crippen LogP contribution in [-0.4, -0.2) is 45.0 Å². The molecule has 0 atom stereocenters. The van der Waals surface area contributed by atoms with Gasteiger partial charge in [0.05, 0.1) is 4.92 Å². The zero-order valence-corrected chi connectivity index (χ0v) is 13.2. The van der Waals surface area contributed by atoms with Gasteiger partial charge < -0.3 is 14.6 Å². The standard InChI is InChI=1S/C16H17N3O5/c1-17-8-3-2-5-11-10-6-4-7-12(19(23)24)14(10)18(9-13(20)21)15(11)16(17)22/h4,6-7H,2-3,5,8-9H2,1H3,(H,20,21). The van der Waals surface area contributed by atoms with Gasteiger partial charge in [-0.3, -0.25) is 19.7 Å². The van der Waals surface area contributed by atoms with Gasteiger partial charge in [-0.15, -0.1) is 0 Å². The molecule has 1 aliphatic rings. The molecule has 1 aromatic heterocycles. The lowest BCUT2D eigenvalue weighted by molar-refractivity contribution is -0.383. The van der Waals surface area contributed by atoms with E-state index in [0.717, 1.165) is 12.8 Å². The Balaban J connectivity index is 2.41. The quantitative estimate of drug-likeness (QED) is 0.684. The van der Waals surface area contributed by atoms with Crippen LogP contribution in [0.5, 0.6) is 0 Å². The number of aliphatic carboxylic acids is 1. The van der Waals surface area contributed by atoms with Gasteiger partial charge >= 0.3 is 5.97 Å². The number of para-hydroxylation sites is 1. The van der Waals surface area contributed by atoms with E-state index in [1.54, 1.807) is 24.1 Å². The van der Waals surface area contributed by atoms with Gasteiger partial charge in [0.15, 0.2) is 0 Å². The molecule has 0 fully saturated rings. The van der Waals surface area contributed by atoms with Crippen LogP contribution in [0.3, 0.4) is 0 Å². The van der Waals surface area contributed by atoms with Gasteiger partial charge in [0, 0.05) is 25.0 Å². The van der Waals surface area contributed by atoms with Gasteiger partial charge in [0.2, 0.25) is 0 Å². The minimum atomic E-state index is -1.15. The summed E-state index contributed by atoms with van der Waals surface area (Å²) in [6.07, 6.45) is 2.26. The topological polar surface area (TPSA) is 106 Å². The molecule has 0 saturated heterocycles. The predicted octanol–water partition coefficient (Wildman–Crippen LogP) is 2.04. The third-order valence-electron chi connectivity index (χ3n) is 4.38. The van der Waals surface area contributed by atoms with Crippen LogP contribution in [0.2, 0.25) is 0 Å². The fourth-order valence-electron chi connectivity index (χ4n) is 3.33. The first kappa shape index (κ1) is 16.0. The van der Waals surface area contributed by atoms with Crippen LogP contribution in [0.1, 0.15) is 28.9 Å². The van der Waals surface area contributed by atoms with Crippen molar-refractivity contribution in [1.82, 2.24) is 9.47 Å². The highest BCUT2D eigenvalue weighted by atomic mass is 16.6. The Labute approximate surface area is 137 Å². The molecule has 1 aromatic carbocycles. The van der Waals surface area contributed by atoms with Crippen molar-refractivity contribution in [3.8, 4) is 0 Å². The Hall–Kier alpha value is -2.90. The summed E-state index contributed by atoms with van der Waals surface area (Å²) >= 11 is 0. The molecule has 126 valence electrons. The van der Waals surface area contributed by atoms with Crippen LogP contribution in [0.15, 0.2) is 18.2 Å². The number of carbonyl (C=O) groups is 2. The van der Waals surface area contributed by atoms with E-state index in [1.807, 2.05) is 0 Å². The van der Waals surface area contributed by atoms with Gasteiger partial charge in [-0.1, -0.05) is 12.1 Å². The minimum Gasteiger partial charge on any atom is -0.480 e. The van der Waals surface area contributed by atoms with Crippen LogP contribution in [-0.2, 0) is 17.8 Å². The zero-order valence-electron chi connectivity index (χ0n) is 13.2. The monoisotopic (exact) mass is 331 g/mol. The number of rotatable bonds is 3. The number of amides is 1. The third kappa shape index (κ3) is 2.49. The van der Waals surface area contributed by atoms with E-state index in [2.05, 4.69) is 0 Å². The molecular formula is C16H17N3O5. The summed E-state index contributed by atoms with van der Waals surface area (Å²) in [6, 6.07) is 4.62. The molecule has 8 nitrogen and oxygen atoms in total. The maximum atomic E-state index is 12.8. The Morgan fingerprint density at radius 2 is 2.12 bits per heavy atom. The second-order valence-corrected chi connectivity index (χ2v) is 5.92. The van der Waals surface area contributed by atoms with E-state index < -0.39 is 17.4 Å². The smallest absolute Gasteiger partial charge is 0.323 e. The number of carbonyl (C=O) groups excluding carboxylic acids is 1. The van der Waals surface area contributed by atoms with Crippen molar-refractivity contribution >= 4 is 28.5 Å². The van der Waals surface area contributed by atoms with Crippen LogP contribution in [0, 0.1) is 10.1 Å². The number of nitro groups is 1. The van der Waals surface area contributed by atoms with Gasteiger partial charge in [-0.25, -0.2) is 0 Å². The van der Waals surface area contributed by atoms with Crippen molar-refractivity contribution in [2.75, 3.05) is 13.6 Å². The van der Waals surface area contributed by atoms with Crippen molar-refractivity contribution in [1.29, 1.82) is 0 Å². The molecule has 0 unspecified atom stereocenters. The van der Waals surface area contributed by atoms with Gasteiger partial charge in [-0.05, 0) is 24.8 Å². The van der Waals surface area contributed by atoms with E-state index in [4.69, 9.17) is 0 Å². The van der Waals surface area contributed by atoms with Crippen LogP contribution < -0.4 is 0 Å². The molecule has 0 spiro atoms. The third-order valence-corrected chi connectivity index (χ3v) is 4.38. The average molecular weight is 331 g/mol. The Morgan fingerprint density at radius 3 is 2.79 bits per heavy atom. The fraction of sp³-hybridized carbons (Fsp3) is 0.375. The van der Waals surface area contributed by atoms with Crippen molar-refractivity contribution in [2.45, 2.75) is 25.8 Å². The van der Waals surface area contributed by atoms with Gasteiger partial charge in [0.1, 0.15) is 17.8 Å². The van der Waals surface area contributed by atoms with Crippen molar-refractivity contribution in [2.24, 2.45) is 0 Å². The predicted molar refractivity (Wildman–Crippen MR) is 86.1 cm³/mol. The molecule has 24 heavy (non-hydrogen) atoms. The molecule has 0 aliphatic carbocycles. The lowest BCUT2D eigenvalue weighted by Crippen LogP contribution is -2.32. The zero-order chi connectivity index (χ0) is 17.4. The van der Waals surface area contributed by atoms with Crippen LogP contribution in [0.4, 0.5) is 5.69 Å². The normalized spacial score (nSPS) is 15.0. The van der Waals surface area contributed by atoms with Crippen molar-refractivity contribution in [3.63, 3.8) is 0 Å². The maximum absolute atomic E-state index is 12.8. The van der Waals surface area contributed by atoms with E-state index in [1.165, 1.54) is 10.6 Å². The number of benzene rings is 1. The maximum Gasteiger partial charge on any atom is 0.323 e. The molecular weight excluding hydrogens is 314 g/mol. The number of carboxylic acids is 1. The molecule has 0 radical (unpaired) electrons. The Bertz CT molecular complexity index is 855. The molecule has 0 bridgehead atoms. The SMILES string of the molecule is CN1CCCCc2c(n(CC(=O)O)c3c([N+](=O)[O-])cccc23)C1=O. The summed E-state index contributed by atoms with van der Waals surface area (Å²) in [6.45, 7) is 0.0885. The van der Waals surface area contributed by atoms with Gasteiger partial charge in [-0.2, -0.15) is 0 Å². The molecule has 3 rings (SSSR count). The Morgan fingerprint density at radius 1 is 1.38 bits per heavy atom. The van der Waals surface area contributed by atoms with E-state index >= 15 is 0 Å². The molecule has 1 amide bonds. The summed E-state index contributed by atoms with van der Waals surface area (Å²) in [4.78, 5) is 36.5. The second-order valence-electron chi connectivity index (χ2n) is 5.92. The number of fused-ring (bicyclic) bond motifs is 3. The van der Waals surface area contributed by atoms with E-state index in [9.17, 15) is 24.8 Å². The number of aryl methyl sites for hydroxylation is 1. The summed E-state index contributed by atoms with van der Waals surface area (Å²) in [7, 11) is 1.66. The number of aromatic nitrogens is 1.